The van der Waals surface area contributed by atoms with E-state index in [1.807, 2.05) is 0 Å². The van der Waals surface area contributed by atoms with Crippen LogP contribution in [0.1, 0.15) is 36.1 Å². The van der Waals surface area contributed by atoms with Gasteiger partial charge in [0.2, 0.25) is 5.91 Å². The van der Waals surface area contributed by atoms with Crippen molar-refractivity contribution in [3.8, 4) is 0 Å². The summed E-state index contributed by atoms with van der Waals surface area (Å²) < 4.78 is 31.5. The van der Waals surface area contributed by atoms with E-state index < -0.39 is 18.6 Å². The Hall–Kier alpha value is -1.34. The first-order chi connectivity index (χ1) is 10.3. The number of hydrogen-bond acceptors (Lipinski definition) is 4. The molecule has 7 heteroatoms. The average molecular weight is 330 g/mol. The van der Waals surface area contributed by atoms with E-state index in [9.17, 15) is 13.6 Å². The fourth-order valence-electron chi connectivity index (χ4n) is 2.24. The molecule has 0 aliphatic carbocycles. The summed E-state index contributed by atoms with van der Waals surface area (Å²) in [6.07, 6.45) is 1.97. The number of aromatic nitrogens is 1. The van der Waals surface area contributed by atoms with Gasteiger partial charge in [-0.05, 0) is 12.0 Å². The number of hydrogen-bond donors (Lipinski definition) is 0. The van der Waals surface area contributed by atoms with Crippen LogP contribution in [0.3, 0.4) is 0 Å². The van der Waals surface area contributed by atoms with Crippen molar-refractivity contribution >= 4 is 17.2 Å². The third kappa shape index (κ3) is 4.33. The molecule has 1 fully saturated rings. The predicted octanol–water partition coefficient (Wildman–Crippen LogP) is 3.21. The summed E-state index contributed by atoms with van der Waals surface area (Å²) in [6, 6.07) is 0. The first kappa shape index (κ1) is 17.0. The van der Waals surface area contributed by atoms with Crippen molar-refractivity contribution in [2.75, 3.05) is 13.2 Å². The molecule has 2 rings (SSSR count). The number of carbonyl (C=O) groups is 1. The van der Waals surface area contributed by atoms with Gasteiger partial charge in [0.05, 0.1) is 12.6 Å². The SMILES string of the molecule is C=CC(=O)N(Cc1ncc(C(C)C)s1)CC1CC(F)(F)CO1. The third-order valence-electron chi connectivity index (χ3n) is 3.43. The Kier molecular flexibility index (Phi) is 5.28. The molecule has 1 aromatic heterocycles. The monoisotopic (exact) mass is 330 g/mol. The van der Waals surface area contributed by atoms with Gasteiger partial charge in [0.25, 0.3) is 5.92 Å². The summed E-state index contributed by atoms with van der Waals surface area (Å²) >= 11 is 1.53. The van der Waals surface area contributed by atoms with Gasteiger partial charge in [-0.25, -0.2) is 13.8 Å². The molecule has 1 aliphatic heterocycles. The maximum atomic E-state index is 13.2. The maximum Gasteiger partial charge on any atom is 0.273 e. The quantitative estimate of drug-likeness (QED) is 0.752. The summed E-state index contributed by atoms with van der Waals surface area (Å²) in [5, 5.41) is 0.781. The molecule has 1 amide bonds. The van der Waals surface area contributed by atoms with Crippen molar-refractivity contribution in [1.82, 2.24) is 9.88 Å². The first-order valence-electron chi connectivity index (χ1n) is 7.16. The summed E-state index contributed by atoms with van der Waals surface area (Å²) in [5.41, 5.74) is 0. The van der Waals surface area contributed by atoms with E-state index in [4.69, 9.17) is 4.74 Å². The lowest BCUT2D eigenvalue weighted by molar-refractivity contribution is -0.128. The molecule has 1 atom stereocenters. The van der Waals surface area contributed by atoms with E-state index in [1.54, 1.807) is 6.20 Å². The van der Waals surface area contributed by atoms with Gasteiger partial charge in [0.15, 0.2) is 0 Å². The number of alkyl halides is 2. The number of thiazole rings is 1. The molecule has 122 valence electrons. The standard InChI is InChI=1S/C15H20F2N2O2S/c1-4-14(20)19(7-11-5-15(16,17)9-21-11)8-13-18-6-12(22-13)10(2)3/h4,6,10-11H,1,5,7-9H2,2-3H3. The number of ether oxygens (including phenoxy) is 1. The van der Waals surface area contributed by atoms with Gasteiger partial charge in [-0.2, -0.15) is 0 Å². The zero-order valence-electron chi connectivity index (χ0n) is 12.7. The van der Waals surface area contributed by atoms with Crippen LogP contribution in [-0.2, 0) is 16.1 Å². The Morgan fingerprint density at radius 1 is 1.68 bits per heavy atom. The average Bonchev–Trinajstić information content (AvgIpc) is 3.04. The first-order valence-corrected chi connectivity index (χ1v) is 7.98. The molecule has 0 radical (unpaired) electrons. The van der Waals surface area contributed by atoms with E-state index in [1.165, 1.54) is 22.3 Å². The molecule has 0 bridgehead atoms. The zero-order valence-corrected chi connectivity index (χ0v) is 13.5. The molecule has 0 saturated carbocycles. The van der Waals surface area contributed by atoms with Gasteiger partial charge in [-0.1, -0.05) is 20.4 Å². The number of amides is 1. The molecular weight excluding hydrogens is 310 g/mol. The molecule has 1 unspecified atom stereocenters. The van der Waals surface area contributed by atoms with Gasteiger partial charge < -0.3 is 9.64 Å². The van der Waals surface area contributed by atoms with Crippen molar-refractivity contribution in [1.29, 1.82) is 0 Å². The van der Waals surface area contributed by atoms with E-state index in [2.05, 4.69) is 25.4 Å². The van der Waals surface area contributed by atoms with Crippen molar-refractivity contribution in [2.24, 2.45) is 0 Å². The molecular formula is C15H20F2N2O2S. The van der Waals surface area contributed by atoms with Gasteiger partial charge in [0, 0.05) is 24.0 Å². The van der Waals surface area contributed by atoms with E-state index in [0.29, 0.717) is 5.92 Å². The zero-order chi connectivity index (χ0) is 16.3. The minimum atomic E-state index is -2.81. The van der Waals surface area contributed by atoms with Crippen molar-refractivity contribution in [3.05, 3.63) is 28.7 Å². The second-order valence-corrected chi connectivity index (χ2v) is 6.87. The van der Waals surface area contributed by atoms with Crippen LogP contribution in [0.15, 0.2) is 18.9 Å². The van der Waals surface area contributed by atoms with Gasteiger partial charge >= 0.3 is 0 Å². The summed E-state index contributed by atoms with van der Waals surface area (Å²) in [6.45, 7) is 7.42. The summed E-state index contributed by atoms with van der Waals surface area (Å²) in [4.78, 5) is 18.8. The van der Waals surface area contributed by atoms with Crippen LogP contribution in [0, 0.1) is 0 Å². The van der Waals surface area contributed by atoms with Crippen LogP contribution in [0.25, 0.3) is 0 Å². The fraction of sp³-hybridized carbons (Fsp3) is 0.600. The van der Waals surface area contributed by atoms with Gasteiger partial charge in [0.1, 0.15) is 11.6 Å². The molecule has 0 N–H and O–H groups in total. The molecule has 1 aliphatic rings. The molecule has 0 spiro atoms. The van der Waals surface area contributed by atoms with Crippen molar-refractivity contribution in [3.63, 3.8) is 0 Å². The molecule has 22 heavy (non-hydrogen) atoms. The van der Waals surface area contributed by atoms with Gasteiger partial charge in [-0.3, -0.25) is 4.79 Å². The second-order valence-electron chi connectivity index (χ2n) is 5.73. The minimum absolute atomic E-state index is 0.122. The maximum absolute atomic E-state index is 13.2. The van der Waals surface area contributed by atoms with E-state index in [-0.39, 0.29) is 25.4 Å². The highest BCUT2D eigenvalue weighted by Crippen LogP contribution is 2.30. The summed E-state index contributed by atoms with van der Waals surface area (Å²) in [7, 11) is 0. The Bertz CT molecular complexity index is 545. The number of carbonyl (C=O) groups excluding carboxylic acids is 1. The highest BCUT2D eigenvalue weighted by molar-refractivity contribution is 7.11. The Balaban J connectivity index is 2.03. The Morgan fingerprint density at radius 2 is 2.41 bits per heavy atom. The lowest BCUT2D eigenvalue weighted by Gasteiger charge is -2.23. The van der Waals surface area contributed by atoms with Crippen molar-refractivity contribution < 1.29 is 18.3 Å². The van der Waals surface area contributed by atoms with Crippen LogP contribution in [0.4, 0.5) is 8.78 Å². The fourth-order valence-corrected chi connectivity index (χ4v) is 3.18. The second kappa shape index (κ2) is 6.83. The largest absolute Gasteiger partial charge is 0.370 e. The molecule has 4 nitrogen and oxygen atoms in total. The van der Waals surface area contributed by atoms with Crippen molar-refractivity contribution in [2.45, 2.75) is 44.8 Å². The lowest BCUT2D eigenvalue weighted by atomic mass is 10.2. The smallest absolute Gasteiger partial charge is 0.273 e. The number of nitrogens with zero attached hydrogens (tertiary/aromatic N) is 2. The Morgan fingerprint density at radius 3 is 2.91 bits per heavy atom. The highest BCUT2D eigenvalue weighted by atomic mass is 32.1. The number of rotatable bonds is 6. The minimum Gasteiger partial charge on any atom is -0.370 e. The van der Waals surface area contributed by atoms with Crippen LogP contribution >= 0.6 is 11.3 Å². The normalized spacial score (nSPS) is 20.3. The van der Waals surface area contributed by atoms with Crippen LogP contribution in [0.2, 0.25) is 0 Å². The number of halogens is 2. The molecule has 2 heterocycles. The Labute approximate surface area is 132 Å². The highest BCUT2D eigenvalue weighted by Gasteiger charge is 2.41. The molecule has 1 saturated heterocycles. The van der Waals surface area contributed by atoms with E-state index in [0.717, 1.165) is 9.88 Å². The van der Waals surface area contributed by atoms with Crippen LogP contribution in [0.5, 0.6) is 0 Å². The third-order valence-corrected chi connectivity index (χ3v) is 4.72. The van der Waals surface area contributed by atoms with Crippen LogP contribution in [-0.4, -0.2) is 41.0 Å². The van der Waals surface area contributed by atoms with E-state index >= 15 is 0 Å². The molecule has 0 aromatic carbocycles. The van der Waals surface area contributed by atoms with Crippen LogP contribution < -0.4 is 0 Å². The predicted molar refractivity (Wildman–Crippen MR) is 81.1 cm³/mol. The lowest BCUT2D eigenvalue weighted by Crippen LogP contribution is -2.36. The summed E-state index contributed by atoms with van der Waals surface area (Å²) in [5.74, 6) is -2.74. The van der Waals surface area contributed by atoms with Gasteiger partial charge in [-0.15, -0.1) is 11.3 Å². The topological polar surface area (TPSA) is 42.4 Å². The molecule has 1 aromatic rings.